The van der Waals surface area contributed by atoms with Crippen LogP contribution in [0.3, 0.4) is 0 Å². The van der Waals surface area contributed by atoms with Gasteiger partial charge in [-0.05, 0) is 44.0 Å². The summed E-state index contributed by atoms with van der Waals surface area (Å²) in [5.41, 5.74) is 2.61. The van der Waals surface area contributed by atoms with Crippen molar-refractivity contribution in [3.05, 3.63) is 29.6 Å². The zero-order valence-corrected chi connectivity index (χ0v) is 12.6. The summed E-state index contributed by atoms with van der Waals surface area (Å²) in [5.74, 6) is 1.54. The van der Waals surface area contributed by atoms with Gasteiger partial charge in [-0.25, -0.2) is 4.98 Å². The van der Waals surface area contributed by atoms with E-state index in [0.29, 0.717) is 17.5 Å². The second kappa shape index (κ2) is 5.71. The van der Waals surface area contributed by atoms with Gasteiger partial charge in [-0.3, -0.25) is 4.90 Å². The third kappa shape index (κ3) is 2.49. The Labute approximate surface area is 129 Å². The van der Waals surface area contributed by atoms with Crippen LogP contribution in [-0.4, -0.2) is 47.2 Å². The highest BCUT2D eigenvalue weighted by Gasteiger charge is 2.31. The average Bonchev–Trinajstić information content (AvgIpc) is 3.21. The van der Waals surface area contributed by atoms with Crippen LogP contribution < -0.4 is 0 Å². The summed E-state index contributed by atoms with van der Waals surface area (Å²) in [6.45, 7) is 4.02. The van der Waals surface area contributed by atoms with E-state index in [0.717, 1.165) is 62.4 Å². The van der Waals surface area contributed by atoms with E-state index < -0.39 is 0 Å². The van der Waals surface area contributed by atoms with Crippen molar-refractivity contribution in [1.29, 1.82) is 5.26 Å². The van der Waals surface area contributed by atoms with Crippen LogP contribution in [-0.2, 0) is 4.74 Å². The van der Waals surface area contributed by atoms with Crippen LogP contribution in [0.25, 0.3) is 11.0 Å². The highest BCUT2D eigenvalue weighted by Crippen LogP contribution is 2.30. The number of likely N-dealkylation sites (tertiary alicyclic amines) is 1. The number of H-pyrrole nitrogens is 1. The summed E-state index contributed by atoms with van der Waals surface area (Å²) in [4.78, 5) is 10.8. The number of nitrogens with one attached hydrogen (secondary N) is 1. The largest absolute Gasteiger partial charge is 0.381 e. The number of nitriles is 1. The summed E-state index contributed by atoms with van der Waals surface area (Å²) in [5, 5.41) is 8.99. The predicted molar refractivity (Wildman–Crippen MR) is 83.6 cm³/mol. The number of nitrogens with zero attached hydrogens (tertiary/aromatic N) is 3. The second-order valence-corrected chi connectivity index (χ2v) is 6.29. The van der Waals surface area contributed by atoms with Crippen molar-refractivity contribution in [1.82, 2.24) is 14.9 Å². The summed E-state index contributed by atoms with van der Waals surface area (Å²) >= 11 is 0. The number of hydrogen-bond donors (Lipinski definition) is 1. The molecule has 114 valence electrons. The molecule has 1 atom stereocenters. The fourth-order valence-corrected chi connectivity index (χ4v) is 3.68. The minimum Gasteiger partial charge on any atom is -0.381 e. The number of hydrogen-bond acceptors (Lipinski definition) is 4. The molecule has 5 nitrogen and oxygen atoms in total. The van der Waals surface area contributed by atoms with Gasteiger partial charge >= 0.3 is 0 Å². The Hall–Kier alpha value is -1.90. The van der Waals surface area contributed by atoms with Crippen molar-refractivity contribution in [2.75, 3.05) is 26.3 Å². The highest BCUT2D eigenvalue weighted by molar-refractivity contribution is 5.76. The number of ether oxygens (including phenoxy) is 1. The standard InChI is InChI=1S/C17H20N4O/c18-10-12-1-2-15-16(9-12)20-17(19-15)13-3-6-21(11-13)14-4-7-22-8-5-14/h1-2,9,13-14H,3-8,11H2,(H,19,20)/t13-/m0/s1. The first-order chi connectivity index (χ1) is 10.8. The van der Waals surface area contributed by atoms with Gasteiger partial charge in [0.25, 0.3) is 0 Å². The molecule has 2 aliphatic rings. The Bertz CT molecular complexity index is 711. The summed E-state index contributed by atoms with van der Waals surface area (Å²) < 4.78 is 5.46. The SMILES string of the molecule is N#Cc1ccc2nc([C@H]3CCN(C4CCOCC4)C3)[nH]c2c1. The van der Waals surface area contributed by atoms with E-state index in [4.69, 9.17) is 15.0 Å². The third-order valence-electron chi connectivity index (χ3n) is 4.94. The van der Waals surface area contributed by atoms with Crippen molar-refractivity contribution in [3.8, 4) is 6.07 Å². The van der Waals surface area contributed by atoms with Gasteiger partial charge in [-0.2, -0.15) is 5.26 Å². The lowest BCUT2D eigenvalue weighted by atomic mass is 10.1. The molecule has 0 saturated carbocycles. The molecule has 22 heavy (non-hydrogen) atoms. The van der Waals surface area contributed by atoms with Crippen molar-refractivity contribution in [2.45, 2.75) is 31.2 Å². The van der Waals surface area contributed by atoms with Crippen LogP contribution in [0.1, 0.15) is 36.6 Å². The average molecular weight is 296 g/mol. The third-order valence-corrected chi connectivity index (χ3v) is 4.94. The molecule has 0 aliphatic carbocycles. The first kappa shape index (κ1) is 13.7. The fraction of sp³-hybridized carbons (Fsp3) is 0.529. The molecular formula is C17H20N4O. The first-order valence-corrected chi connectivity index (χ1v) is 8.05. The zero-order valence-electron chi connectivity index (χ0n) is 12.6. The van der Waals surface area contributed by atoms with E-state index >= 15 is 0 Å². The maximum atomic E-state index is 8.99. The molecule has 2 aromatic rings. The topological polar surface area (TPSA) is 64.9 Å². The Morgan fingerprint density at radius 3 is 2.95 bits per heavy atom. The lowest BCUT2D eigenvalue weighted by Gasteiger charge is -2.30. The lowest BCUT2D eigenvalue weighted by molar-refractivity contribution is 0.0419. The molecule has 2 aliphatic heterocycles. The van der Waals surface area contributed by atoms with Gasteiger partial charge in [-0.1, -0.05) is 0 Å². The van der Waals surface area contributed by atoms with Gasteiger partial charge in [0.05, 0.1) is 22.7 Å². The van der Waals surface area contributed by atoms with Crippen molar-refractivity contribution >= 4 is 11.0 Å². The van der Waals surface area contributed by atoms with E-state index in [1.54, 1.807) is 0 Å². The fourth-order valence-electron chi connectivity index (χ4n) is 3.68. The molecule has 1 aromatic carbocycles. The molecule has 2 saturated heterocycles. The number of rotatable bonds is 2. The number of benzene rings is 1. The van der Waals surface area contributed by atoms with E-state index in [9.17, 15) is 0 Å². The molecule has 0 radical (unpaired) electrons. The van der Waals surface area contributed by atoms with Gasteiger partial charge in [0.1, 0.15) is 5.82 Å². The minimum atomic E-state index is 0.473. The summed E-state index contributed by atoms with van der Waals surface area (Å²) in [6.07, 6.45) is 3.46. The van der Waals surface area contributed by atoms with Crippen LogP contribution in [0.2, 0.25) is 0 Å². The Morgan fingerprint density at radius 2 is 2.14 bits per heavy atom. The first-order valence-electron chi connectivity index (χ1n) is 8.05. The molecule has 5 heteroatoms. The number of imidazole rings is 1. The van der Waals surface area contributed by atoms with Gasteiger partial charge in [0, 0.05) is 31.7 Å². The van der Waals surface area contributed by atoms with Gasteiger partial charge in [0.2, 0.25) is 0 Å². The molecule has 0 bridgehead atoms. The molecule has 4 rings (SSSR count). The molecule has 2 fully saturated rings. The zero-order chi connectivity index (χ0) is 14.9. The molecule has 0 spiro atoms. The van der Waals surface area contributed by atoms with Crippen molar-refractivity contribution < 1.29 is 4.74 Å². The molecule has 3 heterocycles. The monoisotopic (exact) mass is 296 g/mol. The van der Waals surface area contributed by atoms with Crippen LogP contribution in [0.5, 0.6) is 0 Å². The molecular weight excluding hydrogens is 276 g/mol. The predicted octanol–water partition coefficient (Wildman–Crippen LogP) is 2.40. The Balaban J connectivity index is 1.51. The second-order valence-electron chi connectivity index (χ2n) is 6.29. The lowest BCUT2D eigenvalue weighted by Crippen LogP contribution is -2.37. The van der Waals surface area contributed by atoms with Crippen LogP contribution in [0, 0.1) is 11.3 Å². The summed E-state index contributed by atoms with van der Waals surface area (Å²) in [6, 6.07) is 8.50. The van der Waals surface area contributed by atoms with Gasteiger partial charge in [-0.15, -0.1) is 0 Å². The van der Waals surface area contributed by atoms with Gasteiger partial charge < -0.3 is 9.72 Å². The molecule has 1 aromatic heterocycles. The van der Waals surface area contributed by atoms with E-state index in [1.165, 1.54) is 0 Å². The maximum absolute atomic E-state index is 8.99. The maximum Gasteiger partial charge on any atom is 0.111 e. The normalized spacial score (nSPS) is 23.9. The minimum absolute atomic E-state index is 0.473. The number of aromatic amines is 1. The smallest absolute Gasteiger partial charge is 0.111 e. The highest BCUT2D eigenvalue weighted by atomic mass is 16.5. The van der Waals surface area contributed by atoms with Gasteiger partial charge in [0.15, 0.2) is 0 Å². The molecule has 1 N–H and O–H groups in total. The van der Waals surface area contributed by atoms with Crippen molar-refractivity contribution in [2.24, 2.45) is 0 Å². The quantitative estimate of drug-likeness (QED) is 0.924. The van der Waals surface area contributed by atoms with Crippen LogP contribution in [0.15, 0.2) is 18.2 Å². The van der Waals surface area contributed by atoms with Crippen molar-refractivity contribution in [3.63, 3.8) is 0 Å². The number of aromatic nitrogens is 2. The molecule has 0 amide bonds. The Morgan fingerprint density at radius 1 is 1.27 bits per heavy atom. The van der Waals surface area contributed by atoms with Crippen LogP contribution >= 0.6 is 0 Å². The van der Waals surface area contributed by atoms with E-state index in [-0.39, 0.29) is 0 Å². The molecule has 0 unspecified atom stereocenters. The Kier molecular flexibility index (Phi) is 3.57. The summed E-state index contributed by atoms with van der Waals surface area (Å²) in [7, 11) is 0. The number of fused-ring (bicyclic) bond motifs is 1. The van der Waals surface area contributed by atoms with E-state index in [2.05, 4.69) is 16.0 Å². The van der Waals surface area contributed by atoms with E-state index in [1.807, 2.05) is 18.2 Å². The van der Waals surface area contributed by atoms with Crippen LogP contribution in [0.4, 0.5) is 0 Å².